The molecule has 0 atom stereocenters. The summed E-state index contributed by atoms with van der Waals surface area (Å²) in [5.41, 5.74) is 8.63. The first-order valence-electron chi connectivity index (χ1n) is 24.1. The van der Waals surface area contributed by atoms with Crippen LogP contribution in [0.15, 0.2) is 84.9 Å². The van der Waals surface area contributed by atoms with Crippen LogP contribution in [0.1, 0.15) is 105 Å². The molecule has 5 rings (SSSR count). The fraction of sp³-hybridized carbons (Fsp3) is 0.571. The van der Waals surface area contributed by atoms with Gasteiger partial charge in [-0.15, -0.1) is 0 Å². The van der Waals surface area contributed by atoms with Crippen LogP contribution in [0, 0.1) is 11.6 Å². The molecule has 1 aliphatic heterocycles. The lowest BCUT2D eigenvalue weighted by atomic mass is 10.1. The predicted molar refractivity (Wildman–Crippen MR) is 287 cm³/mol. The third-order valence-electron chi connectivity index (χ3n) is 9.73. The molecule has 376 valence electrons. The van der Waals surface area contributed by atoms with E-state index < -0.39 is 0 Å². The molecule has 0 amide bonds. The molecule has 1 heterocycles. The minimum absolute atomic E-state index is 0.00673. The molecule has 4 N–H and O–H groups in total. The molecule has 0 radical (unpaired) electrons. The molecule has 1 saturated heterocycles. The highest BCUT2D eigenvalue weighted by atomic mass is 19.1. The molecule has 0 saturated carbocycles. The summed E-state index contributed by atoms with van der Waals surface area (Å²) in [6, 6.07) is 28.1. The smallest absolute Gasteiger partial charge is 0.129 e. The molecule has 0 spiro atoms. The maximum Gasteiger partial charge on any atom is 0.129 e. The van der Waals surface area contributed by atoms with Crippen LogP contribution in [0.5, 0.6) is 0 Å². The van der Waals surface area contributed by atoms with Crippen molar-refractivity contribution < 1.29 is 13.5 Å². The van der Waals surface area contributed by atoms with Crippen molar-refractivity contribution in [1.29, 1.82) is 0 Å². The van der Waals surface area contributed by atoms with Crippen LogP contribution in [0.4, 0.5) is 31.5 Å². The minimum atomic E-state index is -0.150. The second-order valence-corrected chi connectivity index (χ2v) is 22.7. The molecule has 4 aromatic rings. The van der Waals surface area contributed by atoms with Crippen molar-refractivity contribution in [3.05, 3.63) is 119 Å². The van der Waals surface area contributed by atoms with E-state index >= 15 is 0 Å². The van der Waals surface area contributed by atoms with Gasteiger partial charge in [-0.25, -0.2) is 8.78 Å². The number of morpholine rings is 1. The molecule has 0 unspecified atom stereocenters. The normalized spacial score (nSPS) is 13.5. The summed E-state index contributed by atoms with van der Waals surface area (Å²) in [7, 11) is 11.9. The lowest BCUT2D eigenvalue weighted by Crippen LogP contribution is -2.37. The van der Waals surface area contributed by atoms with E-state index in [2.05, 4.69) is 177 Å². The van der Waals surface area contributed by atoms with E-state index in [1.165, 1.54) is 28.6 Å². The molecule has 0 bridgehead atoms. The summed E-state index contributed by atoms with van der Waals surface area (Å²) in [4.78, 5) is 8.60. The number of rotatable bonds is 14. The van der Waals surface area contributed by atoms with E-state index in [1.54, 1.807) is 12.1 Å². The highest BCUT2D eigenvalue weighted by Gasteiger charge is 2.14. The van der Waals surface area contributed by atoms with Gasteiger partial charge in [-0.05, 0) is 204 Å². The second kappa shape index (κ2) is 27.7. The Balaban J connectivity index is 0.000000308. The van der Waals surface area contributed by atoms with Gasteiger partial charge in [0.25, 0.3) is 0 Å². The first kappa shape index (κ1) is 58.9. The van der Waals surface area contributed by atoms with Gasteiger partial charge in [0.2, 0.25) is 0 Å². The van der Waals surface area contributed by atoms with Crippen LogP contribution < -0.4 is 21.3 Å². The van der Waals surface area contributed by atoms with Crippen LogP contribution in [-0.4, -0.2) is 123 Å². The van der Waals surface area contributed by atoms with Crippen molar-refractivity contribution in [1.82, 2.24) is 19.6 Å². The van der Waals surface area contributed by atoms with Crippen molar-refractivity contribution >= 4 is 22.7 Å². The second-order valence-electron chi connectivity index (χ2n) is 22.7. The van der Waals surface area contributed by atoms with Crippen LogP contribution in [0.25, 0.3) is 0 Å². The van der Waals surface area contributed by atoms with Gasteiger partial charge in [-0.2, -0.15) is 0 Å². The molecule has 1 aliphatic rings. The fourth-order valence-electron chi connectivity index (χ4n) is 6.91. The lowest BCUT2D eigenvalue weighted by Gasteiger charge is -2.26. The zero-order valence-corrected chi connectivity index (χ0v) is 45.1. The highest BCUT2D eigenvalue weighted by molar-refractivity contribution is 5.49. The van der Waals surface area contributed by atoms with Gasteiger partial charge in [0, 0.05) is 95.3 Å². The highest BCUT2D eigenvalue weighted by Crippen LogP contribution is 2.22. The zero-order chi connectivity index (χ0) is 50.6. The quantitative estimate of drug-likeness (QED) is 0.0990. The molecule has 9 nitrogen and oxygen atoms in total. The Morgan fingerprint density at radius 3 is 1.27 bits per heavy atom. The van der Waals surface area contributed by atoms with E-state index in [9.17, 15) is 8.78 Å². The molecular formula is C56H92F2N8O. The van der Waals surface area contributed by atoms with Crippen LogP contribution in [0.2, 0.25) is 0 Å². The van der Waals surface area contributed by atoms with Gasteiger partial charge >= 0.3 is 0 Å². The van der Waals surface area contributed by atoms with E-state index in [-0.39, 0.29) is 33.8 Å². The van der Waals surface area contributed by atoms with E-state index in [0.717, 1.165) is 74.7 Å². The largest absolute Gasteiger partial charge is 0.380 e. The van der Waals surface area contributed by atoms with Gasteiger partial charge < -0.3 is 40.7 Å². The van der Waals surface area contributed by atoms with Crippen molar-refractivity contribution in [2.75, 3.05) is 103 Å². The minimum Gasteiger partial charge on any atom is -0.380 e. The number of nitrogens with zero attached hydrogens (tertiary/aromatic N) is 4. The Kier molecular flexibility index (Phi) is 24.3. The summed E-state index contributed by atoms with van der Waals surface area (Å²) in [5, 5.41) is 13.5. The predicted octanol–water partition coefficient (Wildman–Crippen LogP) is 12.0. The molecule has 0 aliphatic carbocycles. The van der Waals surface area contributed by atoms with Crippen molar-refractivity contribution in [3.63, 3.8) is 0 Å². The van der Waals surface area contributed by atoms with Gasteiger partial charge in [0.05, 0.1) is 13.2 Å². The van der Waals surface area contributed by atoms with Crippen LogP contribution >= 0.6 is 0 Å². The summed E-state index contributed by atoms with van der Waals surface area (Å²) < 4.78 is 32.6. The molecule has 11 heteroatoms. The fourth-order valence-corrected chi connectivity index (χ4v) is 6.91. The number of anilines is 4. The van der Waals surface area contributed by atoms with Crippen molar-refractivity contribution in [3.8, 4) is 0 Å². The van der Waals surface area contributed by atoms with Crippen molar-refractivity contribution in [2.45, 2.75) is 131 Å². The third-order valence-corrected chi connectivity index (χ3v) is 9.73. The van der Waals surface area contributed by atoms with E-state index in [4.69, 9.17) is 4.74 Å². The van der Waals surface area contributed by atoms with Crippen molar-refractivity contribution in [2.24, 2.45) is 0 Å². The Hall–Kier alpha value is -4.26. The topological polar surface area (TPSA) is 70.3 Å². The number of nitrogens with one attached hydrogen (secondary N) is 4. The zero-order valence-electron chi connectivity index (χ0n) is 45.1. The Morgan fingerprint density at radius 1 is 0.463 bits per heavy atom. The maximum atomic E-state index is 13.7. The Labute approximate surface area is 407 Å². The van der Waals surface area contributed by atoms with Gasteiger partial charge in [0.1, 0.15) is 11.6 Å². The molecule has 1 fully saturated rings. The molecule has 67 heavy (non-hydrogen) atoms. The molecular weight excluding hydrogens is 839 g/mol. The first-order valence-corrected chi connectivity index (χ1v) is 24.1. The van der Waals surface area contributed by atoms with Gasteiger partial charge in [0.15, 0.2) is 0 Å². The van der Waals surface area contributed by atoms with E-state index in [0.29, 0.717) is 13.1 Å². The number of halogens is 2. The van der Waals surface area contributed by atoms with E-state index in [1.807, 2.05) is 56.2 Å². The molecule has 4 aromatic carbocycles. The third kappa shape index (κ3) is 28.6. The lowest BCUT2D eigenvalue weighted by molar-refractivity contribution is 0.0384. The number of benzene rings is 4. The Morgan fingerprint density at radius 2 is 0.851 bits per heavy atom. The summed E-state index contributed by atoms with van der Waals surface area (Å²) in [6.07, 6.45) is 2.23. The summed E-state index contributed by atoms with van der Waals surface area (Å²) in [6.45, 7) is 32.9. The number of hydrogen-bond acceptors (Lipinski definition) is 9. The van der Waals surface area contributed by atoms with Crippen LogP contribution in [0.3, 0.4) is 0 Å². The van der Waals surface area contributed by atoms with Gasteiger partial charge in [-0.3, -0.25) is 4.90 Å². The maximum absolute atomic E-state index is 13.7. The number of hydrogen-bond donors (Lipinski definition) is 4. The average Bonchev–Trinajstić information content (AvgIpc) is 3.18. The average molecular weight is 931 g/mol. The summed E-state index contributed by atoms with van der Waals surface area (Å²) in [5.74, 6) is -0.295. The SMILES string of the molecule is CC(C)(C)Nc1ccc(CCN2CCOCC2)cc1.CN(C)CCc1ccc(NC(C)(C)C)cc1.CN(C)Cc1cc(NC(C)(C)C)ccc1F.CN(C)Cc1ccc(NC(C)(C)C)cc1F. The number of likely N-dealkylation sites (N-methyl/N-ethyl adjacent to an activating group) is 1. The Bertz CT molecular complexity index is 1970. The molecule has 0 aromatic heterocycles. The monoisotopic (exact) mass is 931 g/mol. The summed E-state index contributed by atoms with van der Waals surface area (Å²) >= 11 is 0. The standard InChI is InChI=1S/C16H26N2O.C14H24N2.2C13H21FN2/c1-16(2,3)17-15-6-4-14(5-7-15)8-9-18-10-12-19-13-11-18;1-14(2,3)15-13-8-6-12(7-9-13)10-11-16(4)5;1-13(2,3)15-11-6-7-12(14)10(8-11)9-16(4)5;1-13(2,3)15-11-7-6-10(9-16(4)5)12(14)8-11/h4-7,17H,8-13H2,1-3H3;6-9,15H,10-11H2,1-5H3;2*6-8,15H,9H2,1-5H3. The number of ether oxygens (including phenoxy) is 1. The van der Waals surface area contributed by atoms with Crippen LogP contribution in [-0.2, 0) is 30.7 Å². The first-order chi connectivity index (χ1) is 30.9. The van der Waals surface area contributed by atoms with Gasteiger partial charge in [-0.1, -0.05) is 30.3 Å².